The van der Waals surface area contributed by atoms with Gasteiger partial charge in [0.25, 0.3) is 5.91 Å². The standard InChI is InChI=1S/C11H14ClNO2/c12-10-5-4-9(15-10)11(14)13-7-6-8-2-1-3-8/h4-5,8H,1-3,6-7H2,(H,13,14). The van der Waals surface area contributed by atoms with Crippen LogP contribution in [0.15, 0.2) is 16.5 Å². The summed E-state index contributed by atoms with van der Waals surface area (Å²) in [7, 11) is 0. The van der Waals surface area contributed by atoms with Crippen LogP contribution in [0.1, 0.15) is 36.2 Å². The van der Waals surface area contributed by atoms with Crippen molar-refractivity contribution < 1.29 is 9.21 Å². The summed E-state index contributed by atoms with van der Waals surface area (Å²) in [5.74, 6) is 0.917. The monoisotopic (exact) mass is 227 g/mol. The van der Waals surface area contributed by atoms with Crippen molar-refractivity contribution in [3.8, 4) is 0 Å². The molecule has 1 aromatic rings. The SMILES string of the molecule is O=C(NCCC1CCC1)c1ccc(Cl)o1. The Kier molecular flexibility index (Phi) is 3.31. The molecule has 0 radical (unpaired) electrons. The maximum absolute atomic E-state index is 11.5. The maximum atomic E-state index is 11.5. The highest BCUT2D eigenvalue weighted by Gasteiger charge is 2.17. The molecular formula is C11H14ClNO2. The molecule has 0 spiro atoms. The van der Waals surface area contributed by atoms with Crippen molar-refractivity contribution in [1.82, 2.24) is 5.32 Å². The summed E-state index contributed by atoms with van der Waals surface area (Å²) in [6, 6.07) is 3.16. The van der Waals surface area contributed by atoms with Gasteiger partial charge in [0.2, 0.25) is 0 Å². The van der Waals surface area contributed by atoms with E-state index in [0.717, 1.165) is 18.9 Å². The Morgan fingerprint density at radius 1 is 1.53 bits per heavy atom. The molecule has 0 bridgehead atoms. The summed E-state index contributed by atoms with van der Waals surface area (Å²) in [6.07, 6.45) is 5.03. The highest BCUT2D eigenvalue weighted by molar-refractivity contribution is 6.29. The third kappa shape index (κ3) is 2.75. The minimum atomic E-state index is -0.179. The van der Waals surface area contributed by atoms with Crippen molar-refractivity contribution in [2.75, 3.05) is 6.54 Å². The zero-order chi connectivity index (χ0) is 10.7. The van der Waals surface area contributed by atoms with Crippen molar-refractivity contribution >= 4 is 17.5 Å². The maximum Gasteiger partial charge on any atom is 0.287 e. The summed E-state index contributed by atoms with van der Waals surface area (Å²) >= 11 is 5.57. The van der Waals surface area contributed by atoms with Gasteiger partial charge in [-0.3, -0.25) is 4.79 Å². The number of halogens is 1. The van der Waals surface area contributed by atoms with E-state index in [4.69, 9.17) is 16.0 Å². The van der Waals surface area contributed by atoms with Gasteiger partial charge in [-0.15, -0.1) is 0 Å². The molecule has 1 amide bonds. The van der Waals surface area contributed by atoms with E-state index in [-0.39, 0.29) is 16.9 Å². The predicted octanol–water partition coefficient (Wildman–Crippen LogP) is 2.85. The van der Waals surface area contributed by atoms with Gasteiger partial charge in [0.1, 0.15) is 0 Å². The number of hydrogen-bond donors (Lipinski definition) is 1. The number of carbonyl (C=O) groups is 1. The third-order valence-electron chi connectivity index (χ3n) is 2.86. The number of nitrogens with one attached hydrogen (secondary N) is 1. The van der Waals surface area contributed by atoms with Gasteiger partial charge in [-0.05, 0) is 36.1 Å². The molecule has 1 saturated carbocycles. The van der Waals surface area contributed by atoms with E-state index >= 15 is 0 Å². The van der Waals surface area contributed by atoms with Gasteiger partial charge in [-0.1, -0.05) is 19.3 Å². The Balaban J connectivity index is 1.72. The van der Waals surface area contributed by atoms with Gasteiger partial charge in [0.15, 0.2) is 11.0 Å². The molecule has 0 aromatic carbocycles. The van der Waals surface area contributed by atoms with Crippen LogP contribution in [0.5, 0.6) is 0 Å². The largest absolute Gasteiger partial charge is 0.440 e. The molecule has 1 N–H and O–H groups in total. The zero-order valence-corrected chi connectivity index (χ0v) is 9.22. The predicted molar refractivity (Wildman–Crippen MR) is 58.0 cm³/mol. The average Bonchev–Trinajstić information content (AvgIpc) is 2.56. The molecule has 3 nitrogen and oxygen atoms in total. The molecule has 0 saturated heterocycles. The molecular weight excluding hydrogens is 214 g/mol. The Labute approximate surface area is 93.8 Å². The Bertz CT molecular complexity index is 344. The minimum Gasteiger partial charge on any atom is -0.440 e. The molecule has 1 aromatic heterocycles. The Hall–Kier alpha value is -0.960. The van der Waals surface area contributed by atoms with Crippen LogP contribution in [-0.2, 0) is 0 Å². The number of hydrogen-bond acceptors (Lipinski definition) is 2. The first-order valence-corrected chi connectivity index (χ1v) is 5.67. The van der Waals surface area contributed by atoms with Crippen molar-refractivity contribution in [3.63, 3.8) is 0 Å². The van der Waals surface area contributed by atoms with E-state index in [1.165, 1.54) is 19.3 Å². The number of rotatable bonds is 4. The molecule has 0 aliphatic heterocycles. The second kappa shape index (κ2) is 4.71. The van der Waals surface area contributed by atoms with Crippen molar-refractivity contribution in [2.45, 2.75) is 25.7 Å². The molecule has 0 atom stereocenters. The highest BCUT2D eigenvalue weighted by Crippen LogP contribution is 2.28. The van der Waals surface area contributed by atoms with E-state index < -0.39 is 0 Å². The van der Waals surface area contributed by atoms with Gasteiger partial charge in [0.05, 0.1) is 0 Å². The van der Waals surface area contributed by atoms with Crippen LogP contribution in [0.4, 0.5) is 0 Å². The molecule has 2 rings (SSSR count). The fourth-order valence-electron chi connectivity index (χ4n) is 1.69. The lowest BCUT2D eigenvalue weighted by Crippen LogP contribution is -2.27. The number of carbonyl (C=O) groups excluding carboxylic acids is 1. The summed E-state index contributed by atoms with van der Waals surface area (Å²) in [4.78, 5) is 11.5. The topological polar surface area (TPSA) is 42.2 Å². The van der Waals surface area contributed by atoms with Crippen LogP contribution >= 0.6 is 11.6 Å². The Morgan fingerprint density at radius 3 is 2.87 bits per heavy atom. The lowest BCUT2D eigenvalue weighted by atomic mass is 9.83. The quantitative estimate of drug-likeness (QED) is 0.860. The molecule has 1 aliphatic rings. The molecule has 0 unspecified atom stereocenters. The minimum absolute atomic E-state index is 0.179. The zero-order valence-electron chi connectivity index (χ0n) is 8.46. The van der Waals surface area contributed by atoms with Crippen LogP contribution < -0.4 is 5.32 Å². The normalized spacial score (nSPS) is 16.1. The van der Waals surface area contributed by atoms with E-state index in [0.29, 0.717) is 0 Å². The molecule has 1 aliphatic carbocycles. The molecule has 4 heteroatoms. The Morgan fingerprint density at radius 2 is 2.33 bits per heavy atom. The number of furan rings is 1. The van der Waals surface area contributed by atoms with Crippen LogP contribution in [0.2, 0.25) is 5.22 Å². The molecule has 1 heterocycles. The lowest BCUT2D eigenvalue weighted by Gasteiger charge is -2.24. The van der Waals surface area contributed by atoms with E-state index in [1.54, 1.807) is 12.1 Å². The van der Waals surface area contributed by atoms with Gasteiger partial charge < -0.3 is 9.73 Å². The van der Waals surface area contributed by atoms with Gasteiger partial charge in [-0.25, -0.2) is 0 Å². The summed E-state index contributed by atoms with van der Waals surface area (Å²) in [6.45, 7) is 0.724. The summed E-state index contributed by atoms with van der Waals surface area (Å²) in [5.41, 5.74) is 0. The second-order valence-corrected chi connectivity index (χ2v) is 4.32. The van der Waals surface area contributed by atoms with Gasteiger partial charge in [0, 0.05) is 6.54 Å². The molecule has 82 valence electrons. The van der Waals surface area contributed by atoms with E-state index in [1.807, 2.05) is 0 Å². The smallest absolute Gasteiger partial charge is 0.287 e. The van der Waals surface area contributed by atoms with Crippen LogP contribution in [0.3, 0.4) is 0 Å². The van der Waals surface area contributed by atoms with Crippen molar-refractivity contribution in [1.29, 1.82) is 0 Å². The first-order chi connectivity index (χ1) is 7.25. The van der Waals surface area contributed by atoms with Gasteiger partial charge in [-0.2, -0.15) is 0 Å². The first kappa shape index (κ1) is 10.6. The second-order valence-electron chi connectivity index (χ2n) is 3.95. The third-order valence-corrected chi connectivity index (χ3v) is 3.06. The average molecular weight is 228 g/mol. The van der Waals surface area contributed by atoms with E-state index in [9.17, 15) is 4.79 Å². The van der Waals surface area contributed by atoms with Crippen LogP contribution in [0, 0.1) is 5.92 Å². The highest BCUT2D eigenvalue weighted by atomic mass is 35.5. The summed E-state index contributed by atoms with van der Waals surface area (Å²) in [5, 5.41) is 3.07. The molecule has 1 fully saturated rings. The van der Waals surface area contributed by atoms with Gasteiger partial charge >= 0.3 is 0 Å². The van der Waals surface area contributed by atoms with E-state index in [2.05, 4.69) is 5.32 Å². The van der Waals surface area contributed by atoms with Crippen LogP contribution in [0.25, 0.3) is 0 Å². The lowest BCUT2D eigenvalue weighted by molar-refractivity contribution is 0.0921. The molecule has 15 heavy (non-hydrogen) atoms. The fourth-order valence-corrected chi connectivity index (χ4v) is 1.84. The summed E-state index contributed by atoms with van der Waals surface area (Å²) < 4.78 is 5.00. The first-order valence-electron chi connectivity index (χ1n) is 5.29. The van der Waals surface area contributed by atoms with Crippen molar-refractivity contribution in [3.05, 3.63) is 23.1 Å². The van der Waals surface area contributed by atoms with Crippen LogP contribution in [-0.4, -0.2) is 12.5 Å². The van der Waals surface area contributed by atoms with Crippen molar-refractivity contribution in [2.24, 2.45) is 5.92 Å². The fraction of sp³-hybridized carbons (Fsp3) is 0.545. The number of amides is 1.